The lowest BCUT2D eigenvalue weighted by Gasteiger charge is -2.38. The lowest BCUT2D eigenvalue weighted by molar-refractivity contribution is 0.146. The van der Waals surface area contributed by atoms with E-state index in [1.807, 2.05) is 18.2 Å². The molecule has 1 aromatic carbocycles. The van der Waals surface area contributed by atoms with Gasteiger partial charge in [-0.3, -0.25) is 4.99 Å². The first kappa shape index (κ1) is 26.1. The van der Waals surface area contributed by atoms with E-state index < -0.39 is 0 Å². The molecule has 170 valence electrons. The number of benzene rings is 1. The molecule has 9 heteroatoms. The van der Waals surface area contributed by atoms with Crippen molar-refractivity contribution < 1.29 is 14.6 Å². The van der Waals surface area contributed by atoms with E-state index in [0.717, 1.165) is 44.2 Å². The number of ether oxygens (including phenoxy) is 1. The molecule has 1 saturated heterocycles. The number of guanidine groups is 1. The van der Waals surface area contributed by atoms with Gasteiger partial charge >= 0.3 is 6.09 Å². The summed E-state index contributed by atoms with van der Waals surface area (Å²) < 4.78 is 5.02. The van der Waals surface area contributed by atoms with Crippen LogP contribution in [0.2, 0.25) is 0 Å². The number of aromatic hydroxyl groups is 1. The third-order valence-electron chi connectivity index (χ3n) is 4.87. The number of hydrogen-bond acceptors (Lipinski definition) is 5. The molecule has 0 saturated carbocycles. The van der Waals surface area contributed by atoms with Crippen LogP contribution in [0.1, 0.15) is 27.2 Å². The summed E-state index contributed by atoms with van der Waals surface area (Å²) >= 11 is 0. The monoisotopic (exact) mass is 533 g/mol. The van der Waals surface area contributed by atoms with Crippen molar-refractivity contribution in [2.24, 2.45) is 10.9 Å². The lowest BCUT2D eigenvalue weighted by Crippen LogP contribution is -2.54. The Kier molecular flexibility index (Phi) is 11.7. The Morgan fingerprint density at radius 1 is 1.23 bits per heavy atom. The van der Waals surface area contributed by atoms with Crippen molar-refractivity contribution in [2.45, 2.75) is 33.2 Å². The molecule has 2 rings (SSSR count). The average Bonchev–Trinajstić information content (AvgIpc) is 2.69. The maximum Gasteiger partial charge on any atom is 0.407 e. The number of para-hydroxylation sites is 2. The van der Waals surface area contributed by atoms with Gasteiger partial charge in [0.25, 0.3) is 0 Å². The molecule has 1 heterocycles. The van der Waals surface area contributed by atoms with Crippen molar-refractivity contribution in [2.75, 3.05) is 51.3 Å². The van der Waals surface area contributed by atoms with Gasteiger partial charge in [-0.1, -0.05) is 26.0 Å². The van der Waals surface area contributed by atoms with Gasteiger partial charge in [0.05, 0.1) is 12.3 Å². The van der Waals surface area contributed by atoms with Gasteiger partial charge in [-0.05, 0) is 31.4 Å². The number of carbonyl (C=O) groups is 1. The Hall–Kier alpha value is -1.91. The van der Waals surface area contributed by atoms with Crippen LogP contribution in [0.5, 0.6) is 5.75 Å². The summed E-state index contributed by atoms with van der Waals surface area (Å²) in [6.07, 6.45) is 0.468. The van der Waals surface area contributed by atoms with Crippen molar-refractivity contribution in [3.05, 3.63) is 24.3 Å². The van der Waals surface area contributed by atoms with Crippen molar-refractivity contribution in [3.8, 4) is 5.75 Å². The second kappa shape index (κ2) is 13.4. The molecule has 0 radical (unpaired) electrons. The lowest BCUT2D eigenvalue weighted by atomic mass is 10.0. The van der Waals surface area contributed by atoms with E-state index >= 15 is 0 Å². The molecule has 1 fully saturated rings. The highest BCUT2D eigenvalue weighted by Gasteiger charge is 2.22. The van der Waals surface area contributed by atoms with Crippen LogP contribution in [0.25, 0.3) is 0 Å². The highest BCUT2D eigenvalue weighted by atomic mass is 127. The smallest absolute Gasteiger partial charge is 0.407 e. The van der Waals surface area contributed by atoms with Gasteiger partial charge < -0.3 is 30.3 Å². The van der Waals surface area contributed by atoms with Crippen LogP contribution in [0.4, 0.5) is 10.5 Å². The summed E-state index contributed by atoms with van der Waals surface area (Å²) in [6.45, 7) is 10.2. The molecule has 0 spiro atoms. The number of anilines is 1. The van der Waals surface area contributed by atoms with Crippen LogP contribution in [0.3, 0.4) is 0 Å². The molecule has 8 nitrogen and oxygen atoms in total. The molecule has 0 aliphatic carbocycles. The number of alkyl carbamates (subject to hydrolysis) is 1. The quantitative estimate of drug-likeness (QED) is 0.284. The minimum absolute atomic E-state index is 0. The zero-order chi connectivity index (χ0) is 21.2. The molecule has 1 amide bonds. The van der Waals surface area contributed by atoms with E-state index in [1.54, 1.807) is 20.0 Å². The number of hydrogen-bond donors (Lipinski definition) is 3. The summed E-state index contributed by atoms with van der Waals surface area (Å²) in [5, 5.41) is 16.4. The molecule has 1 aliphatic rings. The third kappa shape index (κ3) is 8.08. The van der Waals surface area contributed by atoms with Gasteiger partial charge in [0.2, 0.25) is 0 Å². The number of halogens is 1. The fourth-order valence-electron chi connectivity index (χ4n) is 3.54. The van der Waals surface area contributed by atoms with Crippen LogP contribution >= 0.6 is 24.0 Å². The molecule has 1 atom stereocenters. The molecule has 1 aromatic rings. The van der Waals surface area contributed by atoms with E-state index in [-0.39, 0.29) is 36.1 Å². The van der Waals surface area contributed by atoms with Crippen molar-refractivity contribution in [1.82, 2.24) is 15.5 Å². The fourth-order valence-corrected chi connectivity index (χ4v) is 3.54. The van der Waals surface area contributed by atoms with Crippen LogP contribution in [0.15, 0.2) is 29.3 Å². The molecule has 1 unspecified atom stereocenters. The predicted molar refractivity (Wildman–Crippen MR) is 132 cm³/mol. The number of piperazine rings is 1. The number of aliphatic imine (C=N–C) groups is 1. The first-order valence-electron chi connectivity index (χ1n) is 10.4. The Labute approximate surface area is 197 Å². The summed E-state index contributed by atoms with van der Waals surface area (Å²) in [5.41, 5.74) is 0.866. The van der Waals surface area contributed by atoms with Gasteiger partial charge in [-0.15, -0.1) is 24.0 Å². The largest absolute Gasteiger partial charge is 0.506 e. The normalized spacial score (nSPS) is 15.4. The van der Waals surface area contributed by atoms with E-state index in [4.69, 9.17) is 4.74 Å². The highest BCUT2D eigenvalue weighted by Crippen LogP contribution is 2.27. The standard InChI is InChI=1S/C21H35N5O3.HI/c1-5-29-21(28)24-17(14-16(2)3)15-23-20(22-4)26-12-10-25(11-13-26)18-8-6-7-9-19(18)27;/h6-9,16-17,27H,5,10-15H2,1-4H3,(H,22,23)(H,24,28);1H. The molecule has 0 bridgehead atoms. The highest BCUT2D eigenvalue weighted by molar-refractivity contribution is 14.0. The van der Waals surface area contributed by atoms with E-state index in [2.05, 4.69) is 39.3 Å². The van der Waals surface area contributed by atoms with Gasteiger partial charge in [-0.25, -0.2) is 4.79 Å². The minimum atomic E-state index is -0.383. The third-order valence-corrected chi connectivity index (χ3v) is 4.87. The van der Waals surface area contributed by atoms with Crippen LogP contribution in [-0.4, -0.2) is 74.5 Å². The first-order valence-corrected chi connectivity index (χ1v) is 10.4. The number of nitrogens with one attached hydrogen (secondary N) is 2. The molecule has 0 aromatic heterocycles. The predicted octanol–water partition coefficient (Wildman–Crippen LogP) is 2.87. The Bertz CT molecular complexity index is 678. The summed E-state index contributed by atoms with van der Waals surface area (Å²) in [5.74, 6) is 1.58. The van der Waals surface area contributed by atoms with E-state index in [0.29, 0.717) is 24.8 Å². The van der Waals surface area contributed by atoms with E-state index in [1.165, 1.54) is 0 Å². The van der Waals surface area contributed by atoms with E-state index in [9.17, 15) is 9.90 Å². The van der Waals surface area contributed by atoms with Crippen LogP contribution in [0, 0.1) is 5.92 Å². The molecule has 3 N–H and O–H groups in total. The van der Waals surface area contributed by atoms with Crippen LogP contribution in [-0.2, 0) is 4.74 Å². The maximum atomic E-state index is 11.8. The van der Waals surface area contributed by atoms with Gasteiger partial charge in [0.1, 0.15) is 5.75 Å². The SMILES string of the molecule is CCOC(=O)NC(CNC(=NC)N1CCN(c2ccccc2O)CC1)CC(C)C.I. The number of rotatable bonds is 7. The molecular weight excluding hydrogens is 497 g/mol. The van der Waals surface area contributed by atoms with Gasteiger partial charge in [0, 0.05) is 45.8 Å². The second-order valence-electron chi connectivity index (χ2n) is 7.58. The number of phenols is 1. The number of phenolic OH excluding ortho intramolecular Hbond substituents is 1. The number of carbonyl (C=O) groups excluding carboxylic acids is 1. The summed E-state index contributed by atoms with van der Waals surface area (Å²) in [6, 6.07) is 7.39. The summed E-state index contributed by atoms with van der Waals surface area (Å²) in [4.78, 5) is 20.6. The Morgan fingerprint density at radius 3 is 2.47 bits per heavy atom. The second-order valence-corrected chi connectivity index (χ2v) is 7.58. The topological polar surface area (TPSA) is 89.4 Å². The van der Waals surface area contributed by atoms with Crippen molar-refractivity contribution in [1.29, 1.82) is 0 Å². The average molecular weight is 533 g/mol. The molecule has 1 aliphatic heterocycles. The zero-order valence-corrected chi connectivity index (χ0v) is 20.8. The van der Waals surface area contributed by atoms with Crippen LogP contribution < -0.4 is 15.5 Å². The first-order chi connectivity index (χ1) is 13.9. The number of nitrogens with zero attached hydrogens (tertiary/aromatic N) is 3. The maximum absolute atomic E-state index is 11.8. The molecule has 30 heavy (non-hydrogen) atoms. The Balaban J connectivity index is 0.00000450. The fraction of sp³-hybridized carbons (Fsp3) is 0.619. The van der Waals surface area contributed by atoms with Gasteiger partial charge in [-0.2, -0.15) is 0 Å². The Morgan fingerprint density at radius 2 is 1.90 bits per heavy atom. The number of amides is 1. The van der Waals surface area contributed by atoms with Crippen molar-refractivity contribution >= 4 is 41.7 Å². The van der Waals surface area contributed by atoms with Crippen molar-refractivity contribution in [3.63, 3.8) is 0 Å². The summed E-state index contributed by atoms with van der Waals surface area (Å²) in [7, 11) is 1.77. The molecular formula is C21H36IN5O3. The minimum Gasteiger partial charge on any atom is -0.506 e. The van der Waals surface area contributed by atoms with Gasteiger partial charge in [0.15, 0.2) is 5.96 Å². The zero-order valence-electron chi connectivity index (χ0n) is 18.4.